The third-order valence-electron chi connectivity index (χ3n) is 7.14. The molecular weight excluding hydrogens is 758 g/mol. The number of carboxylic acid groups (broad SMARTS) is 1. The van der Waals surface area contributed by atoms with Crippen molar-refractivity contribution < 1.29 is 81.1 Å². The minimum Gasteiger partial charge on any atom is -0.481 e. The Morgan fingerprint density at radius 3 is 1.05 bits per heavy atom. The van der Waals surface area contributed by atoms with Crippen LogP contribution < -0.4 is 16.0 Å². The molecular formula is C37H71N3O17. The summed E-state index contributed by atoms with van der Waals surface area (Å²) in [6.45, 7) is 11.3. The van der Waals surface area contributed by atoms with Crippen molar-refractivity contribution in [1.29, 1.82) is 0 Å². The summed E-state index contributed by atoms with van der Waals surface area (Å²) in [7, 11) is 1.64. The second-order valence-electron chi connectivity index (χ2n) is 11.9. The first kappa shape index (κ1) is 54.4. The molecule has 0 fully saturated rings. The number of ether oxygens (including phenoxy) is 12. The zero-order valence-electron chi connectivity index (χ0n) is 34.1. The predicted molar refractivity (Wildman–Crippen MR) is 205 cm³/mol. The summed E-state index contributed by atoms with van der Waals surface area (Å²) >= 11 is 0. The monoisotopic (exact) mass is 829 g/mol. The standard InChI is InChI=1S/C37H71N3O17/c1-46-11-12-48-15-16-50-19-20-52-23-24-54-27-28-56-31-32-57-30-29-55-26-25-53-22-21-51-18-17-49-14-13-47-10-7-35(42)38-8-4-2-3-5-34(41)40-33-36(43)39-9-6-37(44)45/h2-33H2,1H3,(H,38,42)(H,39,43)(H,40,41)(H,44,45). The number of unbranched alkanes of at least 4 members (excludes halogenated alkanes) is 2. The molecule has 3 amide bonds. The highest BCUT2D eigenvalue weighted by molar-refractivity contribution is 5.84. The molecule has 0 bridgehead atoms. The summed E-state index contributed by atoms with van der Waals surface area (Å²) in [5, 5.41) is 16.3. The summed E-state index contributed by atoms with van der Waals surface area (Å²) in [6, 6.07) is 0. The van der Waals surface area contributed by atoms with Gasteiger partial charge in [0.1, 0.15) is 0 Å². The van der Waals surface area contributed by atoms with Crippen LogP contribution in [0.25, 0.3) is 0 Å². The Hall–Kier alpha value is -2.60. The molecule has 0 atom stereocenters. The van der Waals surface area contributed by atoms with Crippen LogP contribution in [-0.2, 0) is 76.0 Å². The number of hydrogen-bond acceptors (Lipinski definition) is 16. The number of carboxylic acids is 1. The van der Waals surface area contributed by atoms with Crippen LogP contribution in [0.4, 0.5) is 0 Å². The summed E-state index contributed by atoms with van der Waals surface area (Å²) in [5.74, 6) is -1.80. The van der Waals surface area contributed by atoms with E-state index in [1.165, 1.54) is 0 Å². The molecule has 0 spiro atoms. The lowest BCUT2D eigenvalue weighted by molar-refractivity contribution is -0.137. The van der Waals surface area contributed by atoms with E-state index in [0.717, 1.165) is 12.8 Å². The molecule has 0 aliphatic rings. The molecule has 336 valence electrons. The van der Waals surface area contributed by atoms with Crippen molar-refractivity contribution in [2.75, 3.05) is 179 Å². The van der Waals surface area contributed by atoms with Gasteiger partial charge in [-0.25, -0.2) is 0 Å². The normalized spacial score (nSPS) is 11.2. The Labute approximate surface area is 337 Å². The van der Waals surface area contributed by atoms with Crippen molar-refractivity contribution >= 4 is 23.7 Å². The van der Waals surface area contributed by atoms with Gasteiger partial charge >= 0.3 is 5.97 Å². The number of aliphatic carboxylic acids is 1. The zero-order valence-corrected chi connectivity index (χ0v) is 34.1. The van der Waals surface area contributed by atoms with Crippen LogP contribution in [-0.4, -0.2) is 207 Å². The van der Waals surface area contributed by atoms with Crippen LogP contribution >= 0.6 is 0 Å². The fourth-order valence-electron chi connectivity index (χ4n) is 4.15. The highest BCUT2D eigenvalue weighted by atomic mass is 16.6. The SMILES string of the molecule is COCCOCCOCCOCCOCCOCCOCCOCCOCCOCCOCCOCCC(=O)NCCCCCC(=O)NCC(=O)NCCC(=O)O. The van der Waals surface area contributed by atoms with Crippen LogP contribution in [0.3, 0.4) is 0 Å². The lowest BCUT2D eigenvalue weighted by atomic mass is 10.2. The van der Waals surface area contributed by atoms with Crippen LogP contribution in [0.15, 0.2) is 0 Å². The lowest BCUT2D eigenvalue weighted by Gasteiger charge is -2.09. The van der Waals surface area contributed by atoms with E-state index in [1.807, 2.05) is 0 Å². The molecule has 0 unspecified atom stereocenters. The minimum atomic E-state index is -1.01. The number of amides is 3. The molecule has 0 aromatic rings. The van der Waals surface area contributed by atoms with E-state index in [9.17, 15) is 19.2 Å². The molecule has 0 rings (SSSR count). The zero-order chi connectivity index (χ0) is 41.5. The van der Waals surface area contributed by atoms with Gasteiger partial charge in [-0.05, 0) is 12.8 Å². The fourth-order valence-corrected chi connectivity index (χ4v) is 4.15. The largest absolute Gasteiger partial charge is 0.481 e. The molecule has 0 heterocycles. The van der Waals surface area contributed by atoms with Gasteiger partial charge in [-0.2, -0.15) is 0 Å². The maximum absolute atomic E-state index is 11.9. The fraction of sp³-hybridized carbons (Fsp3) is 0.892. The van der Waals surface area contributed by atoms with E-state index in [1.54, 1.807) is 7.11 Å². The number of methoxy groups -OCH3 is 1. The van der Waals surface area contributed by atoms with E-state index in [0.29, 0.717) is 165 Å². The molecule has 0 aliphatic heterocycles. The van der Waals surface area contributed by atoms with Gasteiger partial charge in [-0.3, -0.25) is 19.2 Å². The smallest absolute Gasteiger partial charge is 0.305 e. The Morgan fingerprint density at radius 2 is 0.684 bits per heavy atom. The second kappa shape index (κ2) is 46.1. The molecule has 20 heteroatoms. The average molecular weight is 830 g/mol. The van der Waals surface area contributed by atoms with Crippen molar-refractivity contribution in [1.82, 2.24) is 16.0 Å². The Morgan fingerprint density at radius 1 is 0.351 bits per heavy atom. The minimum absolute atomic E-state index is 0.0185. The molecule has 4 N–H and O–H groups in total. The topological polar surface area (TPSA) is 235 Å². The highest BCUT2D eigenvalue weighted by Crippen LogP contribution is 1.99. The van der Waals surface area contributed by atoms with Gasteiger partial charge in [-0.1, -0.05) is 6.42 Å². The van der Waals surface area contributed by atoms with Crippen molar-refractivity contribution in [3.8, 4) is 0 Å². The second-order valence-corrected chi connectivity index (χ2v) is 11.9. The summed E-state index contributed by atoms with van der Waals surface area (Å²) in [6.07, 6.45) is 2.44. The van der Waals surface area contributed by atoms with Gasteiger partial charge in [0.05, 0.1) is 165 Å². The summed E-state index contributed by atoms with van der Waals surface area (Å²) in [4.78, 5) is 45.6. The molecule has 57 heavy (non-hydrogen) atoms. The van der Waals surface area contributed by atoms with Crippen molar-refractivity contribution in [3.05, 3.63) is 0 Å². The van der Waals surface area contributed by atoms with Gasteiger partial charge < -0.3 is 77.9 Å². The summed E-state index contributed by atoms with van der Waals surface area (Å²) < 4.78 is 64.7. The quantitative estimate of drug-likeness (QED) is 0.0571. The predicted octanol–water partition coefficient (Wildman–Crippen LogP) is -0.411. The number of nitrogens with one attached hydrogen (secondary N) is 3. The van der Waals surface area contributed by atoms with E-state index in [-0.39, 0.29) is 44.2 Å². The Balaban J connectivity index is 3.21. The highest BCUT2D eigenvalue weighted by Gasteiger charge is 2.07. The molecule has 0 aromatic carbocycles. The van der Waals surface area contributed by atoms with Gasteiger partial charge in [-0.15, -0.1) is 0 Å². The van der Waals surface area contributed by atoms with Gasteiger partial charge in [0, 0.05) is 33.0 Å². The van der Waals surface area contributed by atoms with E-state index in [4.69, 9.17) is 61.9 Å². The van der Waals surface area contributed by atoms with Crippen LogP contribution in [0.2, 0.25) is 0 Å². The number of hydrogen-bond donors (Lipinski definition) is 4. The van der Waals surface area contributed by atoms with Crippen molar-refractivity contribution in [2.24, 2.45) is 0 Å². The Bertz CT molecular complexity index is 923. The first-order valence-electron chi connectivity index (χ1n) is 19.8. The molecule has 0 saturated carbocycles. The third kappa shape index (κ3) is 47.7. The lowest BCUT2D eigenvalue weighted by Crippen LogP contribution is -2.37. The molecule has 0 saturated heterocycles. The number of carbonyl (C=O) groups excluding carboxylic acids is 3. The van der Waals surface area contributed by atoms with Crippen LogP contribution in [0.5, 0.6) is 0 Å². The first-order chi connectivity index (χ1) is 28.0. The van der Waals surface area contributed by atoms with Gasteiger partial charge in [0.25, 0.3) is 0 Å². The van der Waals surface area contributed by atoms with E-state index in [2.05, 4.69) is 16.0 Å². The first-order valence-corrected chi connectivity index (χ1v) is 19.8. The molecule has 0 aromatic heterocycles. The van der Waals surface area contributed by atoms with Crippen LogP contribution in [0.1, 0.15) is 38.5 Å². The molecule has 0 radical (unpaired) electrons. The third-order valence-corrected chi connectivity index (χ3v) is 7.14. The van der Waals surface area contributed by atoms with Gasteiger partial charge in [0.15, 0.2) is 0 Å². The van der Waals surface area contributed by atoms with E-state index < -0.39 is 11.9 Å². The van der Waals surface area contributed by atoms with Crippen molar-refractivity contribution in [3.63, 3.8) is 0 Å². The van der Waals surface area contributed by atoms with Crippen molar-refractivity contribution in [2.45, 2.75) is 38.5 Å². The number of rotatable bonds is 47. The maximum atomic E-state index is 11.9. The molecule has 20 nitrogen and oxygen atoms in total. The molecule has 0 aliphatic carbocycles. The van der Waals surface area contributed by atoms with Crippen LogP contribution in [0, 0.1) is 0 Å². The number of carbonyl (C=O) groups is 4. The van der Waals surface area contributed by atoms with E-state index >= 15 is 0 Å². The average Bonchev–Trinajstić information content (AvgIpc) is 3.19. The summed E-state index contributed by atoms with van der Waals surface area (Å²) in [5.41, 5.74) is 0. The maximum Gasteiger partial charge on any atom is 0.305 e. The van der Waals surface area contributed by atoms with Gasteiger partial charge in [0.2, 0.25) is 17.7 Å². The Kier molecular flexibility index (Phi) is 44.0.